The van der Waals surface area contributed by atoms with Crippen molar-refractivity contribution >= 4 is 17.7 Å². The average Bonchev–Trinajstić information content (AvgIpc) is 2.65. The molecule has 28 heavy (non-hydrogen) atoms. The maximum atomic E-state index is 12.5. The van der Waals surface area contributed by atoms with Crippen LogP contribution in [0, 0.1) is 6.92 Å². The van der Waals surface area contributed by atoms with E-state index in [2.05, 4.69) is 10.3 Å². The van der Waals surface area contributed by atoms with E-state index in [1.807, 2.05) is 26.0 Å². The lowest BCUT2D eigenvalue weighted by Crippen LogP contribution is -2.28. The molecular formula is C19H21F3N2O3S. The molecule has 1 unspecified atom stereocenters. The van der Waals surface area contributed by atoms with Crippen LogP contribution in [0.2, 0.25) is 0 Å². The highest BCUT2D eigenvalue weighted by Gasteiger charge is 2.30. The number of pyridine rings is 1. The van der Waals surface area contributed by atoms with Crippen LogP contribution >= 0.6 is 11.8 Å². The first-order chi connectivity index (χ1) is 13.2. The molecule has 0 saturated carbocycles. The number of thioether (sulfide) groups is 1. The number of ether oxygens (including phenoxy) is 2. The summed E-state index contributed by atoms with van der Waals surface area (Å²) in [6, 6.07) is 5.56. The third kappa shape index (κ3) is 5.54. The van der Waals surface area contributed by atoms with Gasteiger partial charge in [-0.15, -0.1) is 0 Å². The molecule has 0 saturated heterocycles. The van der Waals surface area contributed by atoms with Gasteiger partial charge in [0.25, 0.3) is 0 Å². The van der Waals surface area contributed by atoms with Gasteiger partial charge in [0.1, 0.15) is 0 Å². The maximum Gasteiger partial charge on any atom is 0.417 e. The number of hydrogen-bond donors (Lipinski definition) is 1. The van der Waals surface area contributed by atoms with Gasteiger partial charge in [-0.3, -0.25) is 4.79 Å². The topological polar surface area (TPSA) is 60.5 Å². The smallest absolute Gasteiger partial charge is 0.417 e. The SMILES string of the molecule is COc1cc(C)c(C(C)NC(=O)CSc2ccc(C(F)(F)F)cn2)cc1OC. The molecular weight excluding hydrogens is 393 g/mol. The number of halogens is 3. The van der Waals surface area contributed by atoms with Gasteiger partial charge in [-0.1, -0.05) is 11.8 Å². The summed E-state index contributed by atoms with van der Waals surface area (Å²) in [6.07, 6.45) is -3.67. The van der Waals surface area contributed by atoms with Crippen LogP contribution in [0.5, 0.6) is 11.5 Å². The highest BCUT2D eigenvalue weighted by Crippen LogP contribution is 2.33. The number of benzene rings is 1. The van der Waals surface area contributed by atoms with Crippen LogP contribution in [0.15, 0.2) is 35.5 Å². The molecule has 0 spiro atoms. The van der Waals surface area contributed by atoms with Crippen molar-refractivity contribution in [3.63, 3.8) is 0 Å². The number of aryl methyl sites for hydroxylation is 1. The van der Waals surface area contributed by atoms with Crippen molar-refractivity contribution in [2.75, 3.05) is 20.0 Å². The predicted octanol–water partition coefficient (Wildman–Crippen LogP) is 4.40. The minimum Gasteiger partial charge on any atom is -0.493 e. The Morgan fingerprint density at radius 3 is 2.39 bits per heavy atom. The van der Waals surface area contributed by atoms with Crippen molar-refractivity contribution in [2.45, 2.75) is 31.1 Å². The Labute approximate surface area is 165 Å². The van der Waals surface area contributed by atoms with Gasteiger partial charge in [-0.2, -0.15) is 13.2 Å². The second-order valence-corrected chi connectivity index (χ2v) is 7.02. The van der Waals surface area contributed by atoms with Gasteiger partial charge in [0.2, 0.25) is 5.91 Å². The number of amides is 1. The number of carbonyl (C=O) groups excluding carboxylic acids is 1. The van der Waals surface area contributed by atoms with E-state index in [1.165, 1.54) is 13.2 Å². The third-order valence-electron chi connectivity index (χ3n) is 4.03. The van der Waals surface area contributed by atoms with Crippen LogP contribution in [-0.2, 0) is 11.0 Å². The lowest BCUT2D eigenvalue weighted by Gasteiger charge is -2.19. The Bertz CT molecular complexity index is 826. The van der Waals surface area contributed by atoms with Crippen molar-refractivity contribution in [3.05, 3.63) is 47.2 Å². The van der Waals surface area contributed by atoms with Crippen LogP contribution in [0.25, 0.3) is 0 Å². The third-order valence-corrected chi connectivity index (χ3v) is 4.97. The van der Waals surface area contributed by atoms with Gasteiger partial charge in [-0.05, 0) is 49.2 Å². The molecule has 0 aliphatic rings. The summed E-state index contributed by atoms with van der Waals surface area (Å²) in [4.78, 5) is 16.0. The van der Waals surface area contributed by atoms with Crippen molar-refractivity contribution in [1.82, 2.24) is 10.3 Å². The lowest BCUT2D eigenvalue weighted by molar-refractivity contribution is -0.137. The zero-order valence-corrected chi connectivity index (χ0v) is 16.7. The number of nitrogens with zero attached hydrogens (tertiary/aromatic N) is 1. The van der Waals surface area contributed by atoms with Crippen molar-refractivity contribution in [2.24, 2.45) is 0 Å². The average molecular weight is 414 g/mol. The molecule has 2 rings (SSSR count). The molecule has 0 aliphatic carbocycles. The Morgan fingerprint density at radius 2 is 1.86 bits per heavy atom. The normalized spacial score (nSPS) is 12.4. The zero-order chi connectivity index (χ0) is 20.9. The van der Waals surface area contributed by atoms with E-state index in [9.17, 15) is 18.0 Å². The highest BCUT2D eigenvalue weighted by molar-refractivity contribution is 7.99. The van der Waals surface area contributed by atoms with E-state index in [0.717, 1.165) is 35.2 Å². The number of methoxy groups -OCH3 is 2. The number of hydrogen-bond acceptors (Lipinski definition) is 5. The van der Waals surface area contributed by atoms with E-state index >= 15 is 0 Å². The summed E-state index contributed by atoms with van der Waals surface area (Å²) in [5.74, 6) is 0.946. The molecule has 1 N–H and O–H groups in total. The highest BCUT2D eigenvalue weighted by atomic mass is 32.2. The van der Waals surface area contributed by atoms with Crippen molar-refractivity contribution < 1.29 is 27.4 Å². The number of nitrogens with one attached hydrogen (secondary N) is 1. The first kappa shape index (κ1) is 21.9. The summed E-state index contributed by atoms with van der Waals surface area (Å²) in [5.41, 5.74) is 0.991. The fourth-order valence-electron chi connectivity index (χ4n) is 2.60. The lowest BCUT2D eigenvalue weighted by atomic mass is 10.0. The summed E-state index contributed by atoms with van der Waals surface area (Å²) >= 11 is 1.07. The van der Waals surface area contributed by atoms with Gasteiger partial charge < -0.3 is 14.8 Å². The molecule has 2 aromatic rings. The van der Waals surface area contributed by atoms with Crippen LogP contribution in [-0.4, -0.2) is 30.9 Å². The zero-order valence-electron chi connectivity index (χ0n) is 15.9. The number of carbonyl (C=O) groups is 1. The molecule has 9 heteroatoms. The largest absolute Gasteiger partial charge is 0.493 e. The van der Waals surface area contributed by atoms with E-state index < -0.39 is 11.7 Å². The minimum atomic E-state index is -4.43. The molecule has 5 nitrogen and oxygen atoms in total. The quantitative estimate of drug-likeness (QED) is 0.681. The Balaban J connectivity index is 1.97. The molecule has 0 aliphatic heterocycles. The summed E-state index contributed by atoms with van der Waals surface area (Å²) in [6.45, 7) is 3.74. The van der Waals surface area contributed by atoms with Gasteiger partial charge in [0.05, 0.1) is 36.6 Å². The van der Waals surface area contributed by atoms with Crippen molar-refractivity contribution in [1.29, 1.82) is 0 Å². The summed E-state index contributed by atoms with van der Waals surface area (Å²) < 4.78 is 48.2. The Hall–Kier alpha value is -2.42. The van der Waals surface area contributed by atoms with Crippen LogP contribution < -0.4 is 14.8 Å². The number of alkyl halides is 3. The summed E-state index contributed by atoms with van der Waals surface area (Å²) in [5, 5.41) is 3.21. The van der Waals surface area contributed by atoms with Gasteiger partial charge in [0.15, 0.2) is 11.5 Å². The van der Waals surface area contributed by atoms with E-state index in [0.29, 0.717) is 16.5 Å². The molecule has 1 aromatic carbocycles. The Morgan fingerprint density at radius 1 is 1.21 bits per heavy atom. The monoisotopic (exact) mass is 414 g/mol. The molecule has 1 heterocycles. The van der Waals surface area contributed by atoms with Crippen LogP contribution in [0.3, 0.4) is 0 Å². The first-order valence-electron chi connectivity index (χ1n) is 8.33. The molecule has 1 atom stereocenters. The van der Waals surface area contributed by atoms with Gasteiger partial charge >= 0.3 is 6.18 Å². The Kier molecular flexibility index (Phi) is 7.17. The number of rotatable bonds is 7. The molecule has 0 bridgehead atoms. The standard InChI is InChI=1S/C19H21F3N2O3S/c1-11-7-15(26-3)16(27-4)8-14(11)12(2)24-17(25)10-28-18-6-5-13(9-23-18)19(20,21)22/h5-9,12H,10H2,1-4H3,(H,24,25). The molecule has 1 aromatic heterocycles. The first-order valence-corrected chi connectivity index (χ1v) is 9.32. The van der Waals surface area contributed by atoms with Crippen LogP contribution in [0.4, 0.5) is 13.2 Å². The van der Waals surface area contributed by atoms with E-state index in [4.69, 9.17) is 9.47 Å². The fourth-order valence-corrected chi connectivity index (χ4v) is 3.25. The molecule has 0 fully saturated rings. The van der Waals surface area contributed by atoms with Gasteiger partial charge in [-0.25, -0.2) is 4.98 Å². The molecule has 0 radical (unpaired) electrons. The molecule has 152 valence electrons. The second kappa shape index (κ2) is 9.18. The van der Waals surface area contributed by atoms with Gasteiger partial charge in [0, 0.05) is 6.20 Å². The fraction of sp³-hybridized carbons (Fsp3) is 0.368. The predicted molar refractivity (Wildman–Crippen MR) is 101 cm³/mol. The molecule has 1 amide bonds. The number of aromatic nitrogens is 1. The minimum absolute atomic E-state index is 0.0367. The van der Waals surface area contributed by atoms with Crippen LogP contribution in [0.1, 0.15) is 29.7 Å². The van der Waals surface area contributed by atoms with E-state index in [-0.39, 0.29) is 17.7 Å². The summed E-state index contributed by atoms with van der Waals surface area (Å²) in [7, 11) is 3.09. The van der Waals surface area contributed by atoms with Crippen molar-refractivity contribution in [3.8, 4) is 11.5 Å². The maximum absolute atomic E-state index is 12.5. The van der Waals surface area contributed by atoms with E-state index in [1.54, 1.807) is 7.11 Å². The second-order valence-electron chi connectivity index (χ2n) is 6.02.